The number of carbonyl (C=O) groups is 1. The molecule has 7 heteroatoms. The number of hydrogen-bond acceptors (Lipinski definition) is 5. The van der Waals surface area contributed by atoms with Crippen LogP contribution < -0.4 is 10.9 Å². The summed E-state index contributed by atoms with van der Waals surface area (Å²) >= 11 is 2.76. The predicted molar refractivity (Wildman–Crippen MR) is 97.4 cm³/mol. The molecule has 0 aliphatic carbocycles. The van der Waals surface area contributed by atoms with Crippen molar-refractivity contribution in [1.82, 2.24) is 14.9 Å². The molecule has 5 nitrogen and oxygen atoms in total. The molecule has 0 aliphatic heterocycles. The maximum atomic E-state index is 12.6. The fraction of sp³-hybridized carbons (Fsp3) is 0.562. The van der Waals surface area contributed by atoms with Gasteiger partial charge in [-0.3, -0.25) is 14.2 Å². The highest BCUT2D eigenvalue weighted by molar-refractivity contribution is 7.99. The molecule has 0 unspecified atom stereocenters. The van der Waals surface area contributed by atoms with Crippen molar-refractivity contribution in [3.05, 3.63) is 21.8 Å². The van der Waals surface area contributed by atoms with Crippen molar-refractivity contribution in [2.24, 2.45) is 0 Å². The molecule has 0 fully saturated rings. The van der Waals surface area contributed by atoms with E-state index < -0.39 is 0 Å². The van der Waals surface area contributed by atoms with Gasteiger partial charge in [0.05, 0.1) is 11.3 Å². The summed E-state index contributed by atoms with van der Waals surface area (Å²) < 4.78 is 2.41. The van der Waals surface area contributed by atoms with Crippen LogP contribution in [0.15, 0.2) is 21.4 Å². The third-order valence-corrected chi connectivity index (χ3v) is 5.32. The van der Waals surface area contributed by atoms with E-state index in [0.29, 0.717) is 22.9 Å². The first-order valence-electron chi connectivity index (χ1n) is 8.04. The van der Waals surface area contributed by atoms with Gasteiger partial charge in [-0.25, -0.2) is 4.98 Å². The van der Waals surface area contributed by atoms with Gasteiger partial charge in [0.25, 0.3) is 5.56 Å². The van der Waals surface area contributed by atoms with E-state index in [1.54, 1.807) is 4.57 Å². The Kier molecular flexibility index (Phi) is 7.11. The number of nitrogens with one attached hydrogen (secondary N) is 1. The van der Waals surface area contributed by atoms with Crippen molar-refractivity contribution >= 4 is 39.2 Å². The van der Waals surface area contributed by atoms with E-state index in [0.717, 1.165) is 31.2 Å². The molecule has 0 bridgehead atoms. The molecular weight excluding hydrogens is 330 g/mol. The van der Waals surface area contributed by atoms with Gasteiger partial charge in [-0.05, 0) is 24.3 Å². The van der Waals surface area contributed by atoms with Crippen LogP contribution in [0.4, 0.5) is 0 Å². The van der Waals surface area contributed by atoms with Crippen LogP contribution in [0.2, 0.25) is 0 Å². The molecule has 1 amide bonds. The average molecular weight is 354 g/mol. The standard InChI is InChI=1S/C16H23N3O2S2/c1-3-5-8-17-13(20)11-23-16-18-12-7-10-22-14(12)15(21)19(16)9-6-4-2/h7,10H,3-6,8-9,11H2,1-2H3,(H,17,20). The third kappa shape index (κ3) is 4.81. The third-order valence-electron chi connectivity index (χ3n) is 3.45. The Morgan fingerprint density at radius 1 is 1.35 bits per heavy atom. The molecule has 2 aromatic rings. The molecule has 0 saturated carbocycles. The lowest BCUT2D eigenvalue weighted by Gasteiger charge is -2.11. The Balaban J connectivity index is 2.14. The highest BCUT2D eigenvalue weighted by Crippen LogP contribution is 2.21. The van der Waals surface area contributed by atoms with Gasteiger partial charge < -0.3 is 5.32 Å². The molecule has 0 spiro atoms. The number of amides is 1. The zero-order valence-electron chi connectivity index (χ0n) is 13.6. The van der Waals surface area contributed by atoms with Crippen LogP contribution in [0.25, 0.3) is 10.2 Å². The first-order chi connectivity index (χ1) is 11.2. The van der Waals surface area contributed by atoms with Gasteiger partial charge in [0.2, 0.25) is 5.91 Å². The van der Waals surface area contributed by atoms with Crippen molar-refractivity contribution < 1.29 is 4.79 Å². The minimum Gasteiger partial charge on any atom is -0.355 e. The summed E-state index contributed by atoms with van der Waals surface area (Å²) in [6, 6.07) is 1.86. The first kappa shape index (κ1) is 18.0. The number of aromatic nitrogens is 2. The van der Waals surface area contributed by atoms with Gasteiger partial charge in [-0.15, -0.1) is 11.3 Å². The number of thioether (sulfide) groups is 1. The molecule has 126 valence electrons. The summed E-state index contributed by atoms with van der Waals surface area (Å²) in [5.41, 5.74) is 0.731. The average Bonchev–Trinajstić information content (AvgIpc) is 3.01. The minimum atomic E-state index is -0.00911. The monoisotopic (exact) mass is 353 g/mol. The quantitative estimate of drug-likeness (QED) is 0.427. The van der Waals surface area contributed by atoms with Gasteiger partial charge in [-0.2, -0.15) is 0 Å². The number of thiophene rings is 1. The van der Waals surface area contributed by atoms with E-state index in [1.807, 2.05) is 11.4 Å². The van der Waals surface area contributed by atoms with Crippen molar-refractivity contribution in [2.45, 2.75) is 51.2 Å². The van der Waals surface area contributed by atoms with Crippen molar-refractivity contribution in [3.8, 4) is 0 Å². The maximum Gasteiger partial charge on any atom is 0.272 e. The van der Waals surface area contributed by atoms with Crippen molar-refractivity contribution in [3.63, 3.8) is 0 Å². The summed E-state index contributed by atoms with van der Waals surface area (Å²) in [5.74, 6) is 0.280. The topological polar surface area (TPSA) is 64.0 Å². The summed E-state index contributed by atoms with van der Waals surface area (Å²) in [4.78, 5) is 29.0. The Morgan fingerprint density at radius 3 is 2.87 bits per heavy atom. The lowest BCUT2D eigenvalue weighted by Crippen LogP contribution is -2.27. The Hall–Kier alpha value is -1.34. The lowest BCUT2D eigenvalue weighted by atomic mass is 10.3. The van der Waals surface area contributed by atoms with Crippen LogP contribution in [0.3, 0.4) is 0 Å². The van der Waals surface area contributed by atoms with E-state index in [1.165, 1.54) is 23.1 Å². The SMILES string of the molecule is CCCCNC(=O)CSc1nc2ccsc2c(=O)n1CCCC. The molecule has 0 aliphatic rings. The number of carbonyl (C=O) groups excluding carboxylic acids is 1. The zero-order valence-corrected chi connectivity index (χ0v) is 15.3. The second kappa shape index (κ2) is 9.08. The van der Waals surface area contributed by atoms with E-state index in [9.17, 15) is 9.59 Å². The van der Waals surface area contributed by atoms with Gasteiger partial charge in [0.1, 0.15) is 4.70 Å². The summed E-state index contributed by atoms with van der Waals surface area (Å²) in [6.07, 6.45) is 3.97. The molecule has 0 atom stereocenters. The molecule has 2 aromatic heterocycles. The van der Waals surface area contributed by atoms with E-state index in [2.05, 4.69) is 24.1 Å². The Morgan fingerprint density at radius 2 is 2.13 bits per heavy atom. The molecule has 2 heterocycles. The molecule has 0 saturated heterocycles. The van der Waals surface area contributed by atoms with E-state index >= 15 is 0 Å². The zero-order chi connectivity index (χ0) is 16.7. The van der Waals surface area contributed by atoms with Gasteiger partial charge in [-0.1, -0.05) is 38.5 Å². The smallest absolute Gasteiger partial charge is 0.272 e. The summed E-state index contributed by atoms with van der Waals surface area (Å²) in [5, 5.41) is 5.41. The molecule has 0 radical (unpaired) electrons. The molecule has 1 N–H and O–H groups in total. The minimum absolute atomic E-state index is 0.00680. The summed E-state index contributed by atoms with van der Waals surface area (Å²) in [6.45, 7) is 5.54. The maximum absolute atomic E-state index is 12.6. The molecule has 2 rings (SSSR count). The fourth-order valence-electron chi connectivity index (χ4n) is 2.13. The van der Waals surface area contributed by atoms with Crippen molar-refractivity contribution in [1.29, 1.82) is 0 Å². The van der Waals surface area contributed by atoms with Crippen LogP contribution in [0, 0.1) is 0 Å². The Labute approximate surface area is 144 Å². The highest BCUT2D eigenvalue weighted by atomic mass is 32.2. The van der Waals surface area contributed by atoms with Gasteiger partial charge in [0.15, 0.2) is 5.16 Å². The largest absolute Gasteiger partial charge is 0.355 e. The van der Waals surface area contributed by atoms with E-state index in [-0.39, 0.29) is 17.2 Å². The molecular formula is C16H23N3O2S2. The number of unbranched alkanes of at least 4 members (excludes halogenated alkanes) is 2. The molecule has 0 aromatic carbocycles. The number of hydrogen-bond donors (Lipinski definition) is 1. The predicted octanol–water partition coefficient (Wildman–Crippen LogP) is 3.27. The van der Waals surface area contributed by atoms with Crippen LogP contribution in [-0.4, -0.2) is 27.8 Å². The fourth-order valence-corrected chi connectivity index (χ4v) is 3.77. The van der Waals surface area contributed by atoms with Crippen LogP contribution in [0.1, 0.15) is 39.5 Å². The van der Waals surface area contributed by atoms with Crippen LogP contribution in [-0.2, 0) is 11.3 Å². The lowest BCUT2D eigenvalue weighted by molar-refractivity contribution is -0.118. The summed E-state index contributed by atoms with van der Waals surface area (Å²) in [7, 11) is 0. The Bertz CT molecular complexity index is 709. The number of rotatable bonds is 9. The van der Waals surface area contributed by atoms with Gasteiger partial charge >= 0.3 is 0 Å². The first-order valence-corrected chi connectivity index (χ1v) is 9.91. The van der Waals surface area contributed by atoms with Gasteiger partial charge in [0, 0.05) is 13.1 Å². The van der Waals surface area contributed by atoms with Crippen LogP contribution >= 0.6 is 23.1 Å². The van der Waals surface area contributed by atoms with E-state index in [4.69, 9.17) is 0 Å². The van der Waals surface area contributed by atoms with Crippen molar-refractivity contribution in [2.75, 3.05) is 12.3 Å². The highest BCUT2D eigenvalue weighted by Gasteiger charge is 2.13. The second-order valence-electron chi connectivity index (χ2n) is 5.33. The second-order valence-corrected chi connectivity index (χ2v) is 7.19. The number of nitrogens with zero attached hydrogens (tertiary/aromatic N) is 2. The normalized spacial score (nSPS) is 11.0. The van der Waals surface area contributed by atoms with Crippen LogP contribution in [0.5, 0.6) is 0 Å². The molecule has 23 heavy (non-hydrogen) atoms. The number of fused-ring (bicyclic) bond motifs is 1.